The van der Waals surface area contributed by atoms with Crippen molar-refractivity contribution in [3.8, 4) is 11.5 Å². The van der Waals surface area contributed by atoms with E-state index in [4.69, 9.17) is 4.74 Å². The van der Waals surface area contributed by atoms with Crippen LogP contribution in [0.15, 0.2) is 46.9 Å². The number of rotatable bonds is 10. The number of carbonyl (C=O) groups is 2. The molecule has 5 nitrogen and oxygen atoms in total. The fourth-order valence-electron chi connectivity index (χ4n) is 2.41. The predicted molar refractivity (Wildman–Crippen MR) is 104 cm³/mol. The van der Waals surface area contributed by atoms with Gasteiger partial charge in [0.15, 0.2) is 5.78 Å². The third-order valence-electron chi connectivity index (χ3n) is 3.77. The highest BCUT2D eigenvalue weighted by molar-refractivity contribution is 9.10. The lowest BCUT2D eigenvalue weighted by atomic mass is 10.1. The molecule has 8 heteroatoms. The van der Waals surface area contributed by atoms with Crippen LogP contribution in [0.4, 0.5) is 8.78 Å². The van der Waals surface area contributed by atoms with E-state index in [1.54, 1.807) is 36.4 Å². The van der Waals surface area contributed by atoms with Crippen LogP contribution < -0.4 is 14.8 Å². The van der Waals surface area contributed by atoms with Crippen molar-refractivity contribution in [2.45, 2.75) is 32.9 Å². The molecule has 0 spiro atoms. The second kappa shape index (κ2) is 10.8. The lowest BCUT2D eigenvalue weighted by molar-refractivity contribution is -0.121. The number of ketones is 1. The first kappa shape index (κ1) is 21.8. The number of Topliss-reactive ketones (excluding diaryl/α,β-unsaturated/α-hetero) is 1. The molecule has 28 heavy (non-hydrogen) atoms. The molecular weight excluding hydrogens is 436 g/mol. The summed E-state index contributed by atoms with van der Waals surface area (Å²) in [7, 11) is 0. The molecule has 0 aromatic heterocycles. The number of hydrogen-bond acceptors (Lipinski definition) is 4. The Morgan fingerprint density at radius 3 is 2.68 bits per heavy atom. The van der Waals surface area contributed by atoms with Gasteiger partial charge in [-0.2, -0.15) is 8.78 Å². The maximum atomic E-state index is 12.5. The Morgan fingerprint density at radius 2 is 1.96 bits per heavy atom. The molecule has 0 bridgehead atoms. The monoisotopic (exact) mass is 455 g/mol. The maximum Gasteiger partial charge on any atom is 0.387 e. The molecule has 1 amide bonds. The summed E-state index contributed by atoms with van der Waals surface area (Å²) in [4.78, 5) is 23.3. The van der Waals surface area contributed by atoms with Gasteiger partial charge in [-0.3, -0.25) is 9.59 Å². The van der Waals surface area contributed by atoms with Gasteiger partial charge < -0.3 is 14.8 Å². The van der Waals surface area contributed by atoms with Gasteiger partial charge in [0.25, 0.3) is 0 Å². The topological polar surface area (TPSA) is 64.6 Å². The van der Waals surface area contributed by atoms with E-state index in [-0.39, 0.29) is 30.4 Å². The molecule has 1 N–H and O–H groups in total. The highest BCUT2D eigenvalue weighted by atomic mass is 79.9. The second-order valence-corrected chi connectivity index (χ2v) is 6.86. The first-order chi connectivity index (χ1) is 13.3. The average Bonchev–Trinajstić information content (AvgIpc) is 2.65. The van der Waals surface area contributed by atoms with Crippen molar-refractivity contribution >= 4 is 27.6 Å². The van der Waals surface area contributed by atoms with Crippen molar-refractivity contribution in [3.63, 3.8) is 0 Å². The lowest BCUT2D eigenvalue weighted by Crippen LogP contribution is -2.23. The largest absolute Gasteiger partial charge is 0.494 e. The van der Waals surface area contributed by atoms with E-state index >= 15 is 0 Å². The molecule has 0 aliphatic carbocycles. The summed E-state index contributed by atoms with van der Waals surface area (Å²) in [6.07, 6.45) is 0.681. The molecule has 2 rings (SSSR count). The molecule has 0 aliphatic rings. The summed E-state index contributed by atoms with van der Waals surface area (Å²) in [5, 5.41) is 2.68. The normalized spacial score (nSPS) is 10.6. The quantitative estimate of drug-likeness (QED) is 0.415. The first-order valence-electron chi connectivity index (χ1n) is 8.59. The number of alkyl halides is 2. The van der Waals surface area contributed by atoms with Crippen LogP contribution in [0.25, 0.3) is 0 Å². The Kier molecular flexibility index (Phi) is 8.38. The molecule has 2 aromatic carbocycles. The summed E-state index contributed by atoms with van der Waals surface area (Å²) in [5.74, 6) is 0.305. The summed E-state index contributed by atoms with van der Waals surface area (Å²) in [6.45, 7) is -1.07. The summed E-state index contributed by atoms with van der Waals surface area (Å²) >= 11 is 3.26. The number of hydrogen-bond donors (Lipinski definition) is 1. The lowest BCUT2D eigenvalue weighted by Gasteiger charge is -2.12. The molecule has 0 heterocycles. The van der Waals surface area contributed by atoms with Crippen molar-refractivity contribution in [1.82, 2.24) is 5.32 Å². The Hall–Kier alpha value is -2.48. The van der Waals surface area contributed by atoms with Gasteiger partial charge in [0.1, 0.15) is 11.5 Å². The molecule has 0 radical (unpaired) electrons. The minimum atomic E-state index is -2.94. The number of halogens is 3. The van der Waals surface area contributed by atoms with Crippen LogP contribution in [0.1, 0.15) is 35.7 Å². The molecule has 0 fully saturated rings. The molecule has 0 saturated carbocycles. The first-order valence-corrected chi connectivity index (χ1v) is 9.38. The van der Waals surface area contributed by atoms with E-state index < -0.39 is 6.61 Å². The van der Waals surface area contributed by atoms with Gasteiger partial charge >= 0.3 is 6.61 Å². The SMILES string of the molecule is CC(=O)c1cccc(OCCCC(=O)NCc2cc(Br)ccc2OC(F)F)c1. The van der Waals surface area contributed by atoms with Gasteiger partial charge in [0.2, 0.25) is 5.91 Å². The molecule has 0 aliphatic heterocycles. The minimum absolute atomic E-state index is 0.0205. The van der Waals surface area contributed by atoms with Crippen LogP contribution in [0.5, 0.6) is 11.5 Å². The van der Waals surface area contributed by atoms with Crippen LogP contribution in [0.3, 0.4) is 0 Å². The van der Waals surface area contributed by atoms with Crippen LogP contribution in [0, 0.1) is 0 Å². The van der Waals surface area contributed by atoms with Crippen molar-refractivity contribution in [3.05, 3.63) is 58.1 Å². The van der Waals surface area contributed by atoms with Gasteiger partial charge in [-0.15, -0.1) is 0 Å². The maximum absolute atomic E-state index is 12.5. The smallest absolute Gasteiger partial charge is 0.387 e. The molecule has 0 saturated heterocycles. The van der Waals surface area contributed by atoms with Crippen molar-refractivity contribution < 1.29 is 27.8 Å². The van der Waals surface area contributed by atoms with Crippen molar-refractivity contribution in [2.75, 3.05) is 6.61 Å². The van der Waals surface area contributed by atoms with Gasteiger partial charge in [-0.1, -0.05) is 28.1 Å². The Bertz CT molecular complexity index is 830. The van der Waals surface area contributed by atoms with Gasteiger partial charge in [-0.05, 0) is 43.7 Å². The van der Waals surface area contributed by atoms with E-state index in [0.717, 1.165) is 0 Å². The van der Waals surface area contributed by atoms with E-state index in [1.165, 1.54) is 13.0 Å². The van der Waals surface area contributed by atoms with Crippen LogP contribution in [-0.4, -0.2) is 24.9 Å². The molecule has 0 unspecified atom stereocenters. The van der Waals surface area contributed by atoms with E-state index in [2.05, 4.69) is 26.0 Å². The fourth-order valence-corrected chi connectivity index (χ4v) is 2.82. The van der Waals surface area contributed by atoms with Gasteiger partial charge in [0, 0.05) is 28.6 Å². The third-order valence-corrected chi connectivity index (χ3v) is 4.27. The van der Waals surface area contributed by atoms with E-state index in [0.29, 0.717) is 34.4 Å². The zero-order valence-electron chi connectivity index (χ0n) is 15.2. The molecular formula is C20H20BrF2NO4. The summed E-state index contributed by atoms with van der Waals surface area (Å²) in [5.41, 5.74) is 1.01. The number of ether oxygens (including phenoxy) is 2. The highest BCUT2D eigenvalue weighted by Crippen LogP contribution is 2.24. The number of nitrogens with one attached hydrogen (secondary N) is 1. The van der Waals surface area contributed by atoms with Crippen LogP contribution in [0.2, 0.25) is 0 Å². The third kappa shape index (κ3) is 7.26. The number of carbonyl (C=O) groups excluding carboxylic acids is 2. The Labute approximate surface area is 170 Å². The Morgan fingerprint density at radius 1 is 1.18 bits per heavy atom. The summed E-state index contributed by atoms with van der Waals surface area (Å²) < 4.78 is 35.6. The van der Waals surface area contributed by atoms with Gasteiger partial charge in [-0.25, -0.2) is 0 Å². The minimum Gasteiger partial charge on any atom is -0.494 e. The van der Waals surface area contributed by atoms with Crippen molar-refractivity contribution in [1.29, 1.82) is 0 Å². The number of benzene rings is 2. The predicted octanol–water partition coefficient (Wildman–Crippen LogP) is 4.73. The van der Waals surface area contributed by atoms with E-state index in [1.807, 2.05) is 0 Å². The number of amides is 1. The molecule has 150 valence electrons. The zero-order chi connectivity index (χ0) is 20.5. The standard InChI is InChI=1S/C20H20BrF2NO4/c1-13(25)14-4-2-5-17(11-14)27-9-3-6-19(26)24-12-15-10-16(21)7-8-18(15)28-20(22)23/h2,4-5,7-8,10-11,20H,3,6,9,12H2,1H3,(H,24,26). The second-order valence-electron chi connectivity index (χ2n) is 5.94. The van der Waals surface area contributed by atoms with Crippen LogP contribution >= 0.6 is 15.9 Å². The molecule has 0 atom stereocenters. The van der Waals surface area contributed by atoms with Gasteiger partial charge in [0.05, 0.1) is 6.61 Å². The van der Waals surface area contributed by atoms with Crippen molar-refractivity contribution in [2.24, 2.45) is 0 Å². The Balaban J connectivity index is 1.77. The van der Waals surface area contributed by atoms with Crippen LogP contribution in [-0.2, 0) is 11.3 Å². The fraction of sp³-hybridized carbons (Fsp3) is 0.300. The summed E-state index contributed by atoms with van der Waals surface area (Å²) in [6, 6.07) is 11.4. The average molecular weight is 456 g/mol. The molecule has 2 aromatic rings. The zero-order valence-corrected chi connectivity index (χ0v) is 16.8. The van der Waals surface area contributed by atoms with E-state index in [9.17, 15) is 18.4 Å². The highest BCUT2D eigenvalue weighted by Gasteiger charge is 2.11.